The lowest BCUT2D eigenvalue weighted by atomic mass is 9.96. The van der Waals surface area contributed by atoms with Gasteiger partial charge in [-0.15, -0.1) is 0 Å². The predicted octanol–water partition coefficient (Wildman–Crippen LogP) is 4.61. The van der Waals surface area contributed by atoms with E-state index < -0.39 is 17.6 Å². The molecule has 2 aliphatic heterocycles. The van der Waals surface area contributed by atoms with Gasteiger partial charge in [-0.05, 0) is 42.7 Å². The Kier molecular flexibility index (Phi) is 6.38. The molecule has 2 aromatic carbocycles. The molecule has 4 N–H and O–H groups in total. The Morgan fingerprint density at radius 2 is 1.92 bits per heavy atom. The van der Waals surface area contributed by atoms with Crippen molar-refractivity contribution in [3.8, 4) is 0 Å². The number of nitrogens with zero attached hydrogens (tertiary/aromatic N) is 4. The van der Waals surface area contributed by atoms with Crippen molar-refractivity contribution in [3.63, 3.8) is 0 Å². The molecule has 0 saturated carbocycles. The second-order valence-electron chi connectivity index (χ2n) is 10.1. The van der Waals surface area contributed by atoms with Crippen molar-refractivity contribution in [2.45, 2.75) is 37.4 Å². The molecule has 0 spiro atoms. The van der Waals surface area contributed by atoms with Gasteiger partial charge in [-0.25, -0.2) is 9.97 Å². The number of likely N-dealkylation sites (tertiary alicyclic amines) is 1. The normalized spacial score (nSPS) is 18.2. The molecule has 39 heavy (non-hydrogen) atoms. The van der Waals surface area contributed by atoms with Crippen LogP contribution in [-0.2, 0) is 12.6 Å². The number of para-hydroxylation sites is 1. The van der Waals surface area contributed by atoms with Crippen LogP contribution in [0.5, 0.6) is 0 Å². The number of hydrogen-bond donors (Lipinski definition) is 3. The number of imidazole rings is 1. The van der Waals surface area contributed by atoms with Gasteiger partial charge in [-0.3, -0.25) is 14.1 Å². The Balaban J connectivity index is 1.13. The first-order valence-electron chi connectivity index (χ1n) is 12.9. The lowest BCUT2D eigenvalue weighted by Gasteiger charge is -2.31. The molecule has 4 heterocycles. The fraction of sp³-hybridized carbons (Fsp3) is 0.321. The predicted molar refractivity (Wildman–Crippen MR) is 141 cm³/mol. The van der Waals surface area contributed by atoms with Crippen LogP contribution in [0.15, 0.2) is 60.9 Å². The second kappa shape index (κ2) is 9.88. The first kappa shape index (κ1) is 25.2. The molecular weight excluding hydrogens is 507 g/mol. The van der Waals surface area contributed by atoms with Gasteiger partial charge >= 0.3 is 6.18 Å². The molecule has 1 amide bonds. The molecule has 202 valence electrons. The molecule has 1 saturated heterocycles. The minimum Gasteiger partial charge on any atom is -0.382 e. The Morgan fingerprint density at radius 3 is 2.69 bits per heavy atom. The number of carbonyl (C=O) groups excluding carboxylic acids is 1. The highest BCUT2D eigenvalue weighted by atomic mass is 19.4. The fourth-order valence-corrected chi connectivity index (χ4v) is 5.58. The third-order valence-corrected chi connectivity index (χ3v) is 7.61. The molecule has 6 rings (SSSR count). The van der Waals surface area contributed by atoms with Crippen molar-refractivity contribution in [1.29, 1.82) is 0 Å². The molecular formula is C28H28F3N7O. The van der Waals surface area contributed by atoms with E-state index in [1.807, 2.05) is 18.3 Å². The SMILES string of the molecule is Nc1nccn2c(C3CCN(CNC(=O)c4cccc(C(F)(F)F)c4)CC3)nc(C3Cc4ccccc4N3)c12. The van der Waals surface area contributed by atoms with Crippen LogP contribution in [-0.4, -0.2) is 44.9 Å². The largest absolute Gasteiger partial charge is 0.416 e. The maximum absolute atomic E-state index is 13.0. The number of rotatable bonds is 5. The van der Waals surface area contributed by atoms with E-state index in [2.05, 4.69) is 37.1 Å². The van der Waals surface area contributed by atoms with Crippen LogP contribution in [0.3, 0.4) is 0 Å². The summed E-state index contributed by atoms with van der Waals surface area (Å²) in [7, 11) is 0. The van der Waals surface area contributed by atoms with Crippen LogP contribution in [0.2, 0.25) is 0 Å². The van der Waals surface area contributed by atoms with Gasteiger partial charge in [0, 0.05) is 49.1 Å². The van der Waals surface area contributed by atoms with Gasteiger partial charge in [-0.2, -0.15) is 13.2 Å². The first-order valence-corrected chi connectivity index (χ1v) is 12.9. The number of alkyl halides is 3. The van der Waals surface area contributed by atoms with Crippen LogP contribution in [0.1, 0.15) is 57.8 Å². The average molecular weight is 536 g/mol. The zero-order valence-corrected chi connectivity index (χ0v) is 21.1. The number of piperidine rings is 1. The quantitative estimate of drug-likeness (QED) is 0.345. The molecule has 0 radical (unpaired) electrons. The summed E-state index contributed by atoms with van der Waals surface area (Å²) in [5, 5.41) is 6.33. The van der Waals surface area contributed by atoms with Gasteiger partial charge in [0.2, 0.25) is 0 Å². The lowest BCUT2D eigenvalue weighted by Crippen LogP contribution is -2.42. The van der Waals surface area contributed by atoms with Crippen LogP contribution >= 0.6 is 0 Å². The van der Waals surface area contributed by atoms with Gasteiger partial charge in [0.1, 0.15) is 17.2 Å². The number of halogens is 3. The van der Waals surface area contributed by atoms with Gasteiger partial charge in [0.15, 0.2) is 0 Å². The molecule has 8 nitrogen and oxygen atoms in total. The van der Waals surface area contributed by atoms with Crippen molar-refractivity contribution in [2.24, 2.45) is 0 Å². The summed E-state index contributed by atoms with van der Waals surface area (Å²) in [6.07, 6.45) is 1.55. The van der Waals surface area contributed by atoms with E-state index in [4.69, 9.17) is 10.7 Å². The fourth-order valence-electron chi connectivity index (χ4n) is 5.58. The number of aromatic nitrogens is 3. The number of amides is 1. The van der Waals surface area contributed by atoms with Crippen LogP contribution < -0.4 is 16.4 Å². The number of fused-ring (bicyclic) bond motifs is 2. The van der Waals surface area contributed by atoms with Crippen LogP contribution in [0.4, 0.5) is 24.7 Å². The number of carbonyl (C=O) groups is 1. The number of nitrogens with one attached hydrogen (secondary N) is 2. The summed E-state index contributed by atoms with van der Waals surface area (Å²) in [5.74, 6) is 1.05. The van der Waals surface area contributed by atoms with Gasteiger partial charge < -0.3 is 16.4 Å². The molecule has 0 aliphatic carbocycles. The lowest BCUT2D eigenvalue weighted by molar-refractivity contribution is -0.137. The highest BCUT2D eigenvalue weighted by Crippen LogP contribution is 2.38. The molecule has 0 bridgehead atoms. The van der Waals surface area contributed by atoms with Crippen molar-refractivity contribution < 1.29 is 18.0 Å². The third kappa shape index (κ3) is 4.89. The first-order chi connectivity index (χ1) is 18.8. The van der Waals surface area contributed by atoms with Crippen LogP contribution in [0, 0.1) is 0 Å². The van der Waals surface area contributed by atoms with E-state index in [1.54, 1.807) is 6.20 Å². The molecule has 4 aromatic rings. The Morgan fingerprint density at radius 1 is 1.13 bits per heavy atom. The second-order valence-corrected chi connectivity index (χ2v) is 10.1. The van der Waals surface area contributed by atoms with E-state index in [-0.39, 0.29) is 24.2 Å². The summed E-state index contributed by atoms with van der Waals surface area (Å²) in [4.78, 5) is 24.0. The highest BCUT2D eigenvalue weighted by molar-refractivity contribution is 5.94. The topological polar surface area (TPSA) is 101 Å². The highest BCUT2D eigenvalue weighted by Gasteiger charge is 2.32. The van der Waals surface area contributed by atoms with E-state index in [0.717, 1.165) is 54.1 Å². The molecule has 1 unspecified atom stereocenters. The van der Waals surface area contributed by atoms with E-state index >= 15 is 0 Å². The van der Waals surface area contributed by atoms with Gasteiger partial charge in [-0.1, -0.05) is 24.3 Å². The third-order valence-electron chi connectivity index (χ3n) is 7.61. The Hall–Kier alpha value is -4.12. The van der Waals surface area contributed by atoms with E-state index in [1.165, 1.54) is 17.7 Å². The van der Waals surface area contributed by atoms with Crippen molar-refractivity contribution in [2.75, 3.05) is 30.8 Å². The van der Waals surface area contributed by atoms with Gasteiger partial charge in [0.25, 0.3) is 5.91 Å². The van der Waals surface area contributed by atoms with Crippen LogP contribution in [0.25, 0.3) is 5.52 Å². The standard InChI is InChI=1S/C28H28F3N7O/c29-28(30,31)20-6-3-5-19(14-20)27(39)34-16-37-11-8-17(9-12-37)26-36-23(24-25(32)33-10-13-38(24)26)22-15-18-4-1-2-7-21(18)35-22/h1-7,10,13-14,17,22,35H,8-9,11-12,15-16H2,(H2,32,33)(H,34,39). The number of anilines is 2. The summed E-state index contributed by atoms with van der Waals surface area (Å²) in [5.41, 5.74) is 9.55. The molecule has 2 aromatic heterocycles. The van der Waals surface area contributed by atoms with Crippen molar-refractivity contribution in [3.05, 3.63) is 89.1 Å². The maximum atomic E-state index is 13.0. The zero-order chi connectivity index (χ0) is 27.1. The molecule has 1 atom stereocenters. The van der Waals surface area contributed by atoms with E-state index in [9.17, 15) is 18.0 Å². The number of benzene rings is 2. The Bertz CT molecular complexity index is 1500. The van der Waals surface area contributed by atoms with Crippen molar-refractivity contribution >= 4 is 22.9 Å². The number of hydrogen-bond acceptors (Lipinski definition) is 6. The average Bonchev–Trinajstić information content (AvgIpc) is 3.54. The summed E-state index contributed by atoms with van der Waals surface area (Å²) < 4.78 is 41.0. The molecule has 11 heteroatoms. The monoisotopic (exact) mass is 535 g/mol. The van der Waals surface area contributed by atoms with Crippen molar-refractivity contribution in [1.82, 2.24) is 24.6 Å². The maximum Gasteiger partial charge on any atom is 0.416 e. The molecule has 2 aliphatic rings. The van der Waals surface area contributed by atoms with E-state index in [0.29, 0.717) is 18.9 Å². The minimum atomic E-state index is -4.49. The summed E-state index contributed by atoms with van der Waals surface area (Å²) in [6.45, 7) is 1.69. The molecule has 1 fully saturated rings. The van der Waals surface area contributed by atoms with Gasteiger partial charge in [0.05, 0.1) is 24.0 Å². The number of nitrogens with two attached hydrogens (primary N) is 1. The summed E-state index contributed by atoms with van der Waals surface area (Å²) in [6, 6.07) is 12.7. The summed E-state index contributed by atoms with van der Waals surface area (Å²) >= 11 is 0. The zero-order valence-electron chi connectivity index (χ0n) is 21.1. The Labute approximate surface area is 223 Å². The number of nitrogen functional groups attached to an aromatic ring is 1. The smallest absolute Gasteiger partial charge is 0.382 e. The minimum absolute atomic E-state index is 0.00352.